The molecule has 1 aromatic rings. The summed E-state index contributed by atoms with van der Waals surface area (Å²) in [4.78, 5) is 4.36. The molecule has 0 spiro atoms. The molecule has 1 aliphatic carbocycles. The minimum atomic E-state index is -0.911. The largest absolute Gasteiger partial charge is 0.379 e. The van der Waals surface area contributed by atoms with Crippen LogP contribution in [0, 0.1) is 0 Å². The molecule has 0 radical (unpaired) electrons. The third-order valence-electron chi connectivity index (χ3n) is 3.66. The molecule has 1 aliphatic rings. The summed E-state index contributed by atoms with van der Waals surface area (Å²) < 4.78 is 7.51. The lowest BCUT2D eigenvalue weighted by Crippen LogP contribution is -2.45. The van der Waals surface area contributed by atoms with Crippen molar-refractivity contribution in [2.75, 3.05) is 7.11 Å². The van der Waals surface area contributed by atoms with E-state index in [1.54, 1.807) is 13.3 Å². The molecule has 0 aliphatic heterocycles. The van der Waals surface area contributed by atoms with Crippen molar-refractivity contribution in [3.8, 4) is 0 Å². The van der Waals surface area contributed by atoms with Crippen LogP contribution in [0.15, 0.2) is 12.4 Å². The summed E-state index contributed by atoms with van der Waals surface area (Å²) in [5.41, 5.74) is -0.911. The molecule has 1 saturated carbocycles. The summed E-state index contributed by atoms with van der Waals surface area (Å²) >= 11 is 0. The number of ether oxygens (including phenoxy) is 1. The fourth-order valence-electron chi connectivity index (χ4n) is 2.80. The summed E-state index contributed by atoms with van der Waals surface area (Å²) in [6.45, 7) is 3.02. The molecule has 0 aromatic carbocycles. The van der Waals surface area contributed by atoms with Gasteiger partial charge in [-0.25, -0.2) is 4.98 Å². The van der Waals surface area contributed by atoms with Crippen LogP contribution in [-0.2, 0) is 16.9 Å². The molecule has 2 unspecified atom stereocenters. The maximum absolute atomic E-state index is 10.9. The second-order valence-corrected chi connectivity index (χ2v) is 4.84. The van der Waals surface area contributed by atoms with Gasteiger partial charge in [0.05, 0.1) is 6.10 Å². The molecule has 1 heterocycles. The second kappa shape index (κ2) is 5.19. The zero-order valence-electron chi connectivity index (χ0n) is 10.7. The van der Waals surface area contributed by atoms with Crippen molar-refractivity contribution in [3.63, 3.8) is 0 Å². The maximum atomic E-state index is 10.9. The fourth-order valence-corrected chi connectivity index (χ4v) is 2.80. The Bertz CT molecular complexity index is 364. The average molecular weight is 238 g/mol. The zero-order valence-corrected chi connectivity index (χ0v) is 10.7. The molecule has 1 aromatic heterocycles. The molecular formula is C13H22N2O2. The van der Waals surface area contributed by atoms with Crippen LogP contribution in [0.5, 0.6) is 0 Å². The van der Waals surface area contributed by atoms with Crippen molar-refractivity contribution >= 4 is 0 Å². The lowest BCUT2D eigenvalue weighted by Gasteiger charge is -2.38. The fraction of sp³-hybridized carbons (Fsp3) is 0.769. The number of aliphatic hydroxyl groups is 1. The smallest absolute Gasteiger partial charge is 0.148 e. The van der Waals surface area contributed by atoms with Gasteiger partial charge in [0, 0.05) is 26.0 Å². The number of hydrogen-bond acceptors (Lipinski definition) is 3. The molecule has 1 fully saturated rings. The quantitative estimate of drug-likeness (QED) is 0.873. The Labute approximate surface area is 103 Å². The molecule has 4 nitrogen and oxygen atoms in total. The highest BCUT2D eigenvalue weighted by molar-refractivity contribution is 5.10. The third-order valence-corrected chi connectivity index (χ3v) is 3.66. The van der Waals surface area contributed by atoms with Gasteiger partial charge in [-0.2, -0.15) is 0 Å². The summed E-state index contributed by atoms with van der Waals surface area (Å²) in [6.07, 6.45) is 8.43. The van der Waals surface area contributed by atoms with E-state index < -0.39 is 5.60 Å². The Morgan fingerprint density at radius 3 is 3.12 bits per heavy atom. The lowest BCUT2D eigenvalue weighted by atomic mass is 9.81. The molecule has 2 atom stereocenters. The maximum Gasteiger partial charge on any atom is 0.148 e. The van der Waals surface area contributed by atoms with E-state index in [-0.39, 0.29) is 6.10 Å². The first-order chi connectivity index (χ1) is 8.22. The number of nitrogens with zero attached hydrogens (tertiary/aromatic N) is 2. The first kappa shape index (κ1) is 12.6. The normalized spacial score (nSPS) is 29.5. The summed E-state index contributed by atoms with van der Waals surface area (Å²) in [5.74, 6) is 0.769. The topological polar surface area (TPSA) is 47.3 Å². The van der Waals surface area contributed by atoms with Crippen molar-refractivity contribution in [1.82, 2.24) is 9.55 Å². The number of aromatic nitrogens is 2. The van der Waals surface area contributed by atoms with Gasteiger partial charge in [-0.15, -0.1) is 0 Å². The Balaban J connectivity index is 2.31. The van der Waals surface area contributed by atoms with Gasteiger partial charge in [-0.1, -0.05) is 13.3 Å². The van der Waals surface area contributed by atoms with Gasteiger partial charge >= 0.3 is 0 Å². The van der Waals surface area contributed by atoms with Gasteiger partial charge < -0.3 is 14.4 Å². The molecule has 4 heteroatoms. The van der Waals surface area contributed by atoms with E-state index in [4.69, 9.17) is 4.74 Å². The minimum Gasteiger partial charge on any atom is -0.379 e. The third kappa shape index (κ3) is 2.24. The number of imidazole rings is 1. The van der Waals surface area contributed by atoms with Crippen molar-refractivity contribution in [2.24, 2.45) is 0 Å². The Hall–Kier alpha value is -0.870. The molecule has 0 amide bonds. The molecule has 96 valence electrons. The minimum absolute atomic E-state index is 0.130. The predicted molar refractivity (Wildman–Crippen MR) is 65.7 cm³/mol. The van der Waals surface area contributed by atoms with Crippen molar-refractivity contribution in [2.45, 2.75) is 57.3 Å². The van der Waals surface area contributed by atoms with Gasteiger partial charge in [0.15, 0.2) is 0 Å². The number of methoxy groups -OCH3 is 1. The predicted octanol–water partition coefficient (Wildman–Crippen LogP) is 2.07. The average Bonchev–Trinajstić information content (AvgIpc) is 2.79. The van der Waals surface area contributed by atoms with E-state index in [1.165, 1.54) is 0 Å². The Kier molecular flexibility index (Phi) is 3.84. The summed E-state index contributed by atoms with van der Waals surface area (Å²) in [5, 5.41) is 10.9. The van der Waals surface area contributed by atoms with Gasteiger partial charge in [0.1, 0.15) is 11.4 Å². The van der Waals surface area contributed by atoms with Crippen molar-refractivity contribution in [1.29, 1.82) is 0 Å². The first-order valence-corrected chi connectivity index (χ1v) is 6.49. The van der Waals surface area contributed by atoms with Crippen molar-refractivity contribution < 1.29 is 9.84 Å². The van der Waals surface area contributed by atoms with E-state index in [1.807, 2.05) is 6.20 Å². The Morgan fingerprint density at radius 2 is 2.41 bits per heavy atom. The number of rotatable bonds is 4. The standard InChI is InChI=1S/C13H22N2O2/c1-3-9-15-10-8-14-12(15)13(16)7-5-4-6-11(13)17-2/h8,10-11,16H,3-7,9H2,1-2H3. The van der Waals surface area contributed by atoms with Crippen LogP contribution in [0.4, 0.5) is 0 Å². The molecule has 2 rings (SSSR count). The van der Waals surface area contributed by atoms with Crippen molar-refractivity contribution in [3.05, 3.63) is 18.2 Å². The van der Waals surface area contributed by atoms with Gasteiger partial charge in [0.25, 0.3) is 0 Å². The monoisotopic (exact) mass is 238 g/mol. The van der Waals surface area contributed by atoms with Gasteiger partial charge in [-0.05, 0) is 25.7 Å². The van der Waals surface area contributed by atoms with Crippen LogP contribution in [-0.4, -0.2) is 27.9 Å². The van der Waals surface area contributed by atoms with Crippen LogP contribution in [0.25, 0.3) is 0 Å². The highest BCUT2D eigenvalue weighted by Gasteiger charge is 2.43. The highest BCUT2D eigenvalue weighted by Crippen LogP contribution is 2.38. The van der Waals surface area contributed by atoms with Crippen LogP contribution in [0.2, 0.25) is 0 Å². The van der Waals surface area contributed by atoms with Gasteiger partial charge in [-0.3, -0.25) is 0 Å². The number of hydrogen-bond donors (Lipinski definition) is 1. The van der Waals surface area contributed by atoms with E-state index >= 15 is 0 Å². The van der Waals surface area contributed by atoms with Crippen LogP contribution < -0.4 is 0 Å². The van der Waals surface area contributed by atoms with E-state index in [0.29, 0.717) is 0 Å². The van der Waals surface area contributed by atoms with Gasteiger partial charge in [0.2, 0.25) is 0 Å². The molecule has 0 bridgehead atoms. The van der Waals surface area contributed by atoms with E-state index in [9.17, 15) is 5.11 Å². The lowest BCUT2D eigenvalue weighted by molar-refractivity contribution is -0.129. The zero-order chi connectivity index (χ0) is 12.3. The van der Waals surface area contributed by atoms with E-state index in [0.717, 1.165) is 44.5 Å². The second-order valence-electron chi connectivity index (χ2n) is 4.84. The first-order valence-electron chi connectivity index (χ1n) is 6.49. The molecular weight excluding hydrogens is 216 g/mol. The summed E-state index contributed by atoms with van der Waals surface area (Å²) in [6, 6.07) is 0. The Morgan fingerprint density at radius 1 is 1.59 bits per heavy atom. The van der Waals surface area contributed by atoms with Crippen LogP contribution in [0.3, 0.4) is 0 Å². The SMILES string of the molecule is CCCn1ccnc1C1(O)CCCCC1OC. The highest BCUT2D eigenvalue weighted by atomic mass is 16.5. The van der Waals surface area contributed by atoms with Crippen LogP contribution in [0.1, 0.15) is 44.9 Å². The summed E-state index contributed by atoms with van der Waals surface area (Å²) in [7, 11) is 1.67. The van der Waals surface area contributed by atoms with Crippen LogP contribution >= 0.6 is 0 Å². The molecule has 1 N–H and O–H groups in total. The number of aryl methyl sites for hydroxylation is 1. The molecule has 17 heavy (non-hydrogen) atoms. The molecule has 0 saturated heterocycles. The van der Waals surface area contributed by atoms with E-state index in [2.05, 4.69) is 16.5 Å².